The third kappa shape index (κ3) is 6.43. The van der Waals surface area contributed by atoms with Crippen LogP contribution in [0.25, 0.3) is 11.1 Å². The Morgan fingerprint density at radius 3 is 1.89 bits per heavy atom. The fraction of sp³-hybridized carbons (Fsp3) is 0.200. The second-order valence-corrected chi connectivity index (χ2v) is 14.4. The maximum absolute atomic E-state index is 14.1. The van der Waals surface area contributed by atoms with Gasteiger partial charge in [-0.2, -0.15) is 4.31 Å². The summed E-state index contributed by atoms with van der Waals surface area (Å²) in [7, 11) is -7.14. The third-order valence-electron chi connectivity index (χ3n) is 6.36. The van der Waals surface area contributed by atoms with E-state index < -0.39 is 19.9 Å². The fourth-order valence-corrected chi connectivity index (χ4v) is 7.62. The van der Waals surface area contributed by atoms with E-state index in [1.807, 2.05) is 87.5 Å². The number of sulfone groups is 1. The van der Waals surface area contributed by atoms with Crippen LogP contribution in [0.1, 0.15) is 27.8 Å². The Kier molecular flexibility index (Phi) is 8.28. The molecule has 0 aliphatic heterocycles. The summed E-state index contributed by atoms with van der Waals surface area (Å²) >= 11 is 3.49. The number of benzene rings is 4. The van der Waals surface area contributed by atoms with Gasteiger partial charge in [0.2, 0.25) is 10.0 Å². The molecule has 0 heterocycles. The smallest absolute Gasteiger partial charge is 0.224 e. The molecular formula is C30H30BrNO4S2. The molecule has 0 fully saturated rings. The molecule has 0 saturated carbocycles. The lowest BCUT2D eigenvalue weighted by Gasteiger charge is -2.25. The minimum Gasteiger partial charge on any atom is -0.224 e. The number of hydrogen-bond acceptors (Lipinski definition) is 4. The average molecular weight is 613 g/mol. The predicted octanol–water partition coefficient (Wildman–Crippen LogP) is 6.84. The molecule has 8 heteroatoms. The van der Waals surface area contributed by atoms with Gasteiger partial charge in [-0.25, -0.2) is 16.8 Å². The summed E-state index contributed by atoms with van der Waals surface area (Å²) < 4.78 is 54.5. The highest BCUT2D eigenvalue weighted by Gasteiger charge is 2.28. The van der Waals surface area contributed by atoms with Crippen molar-refractivity contribution in [2.75, 3.05) is 6.26 Å². The van der Waals surface area contributed by atoms with E-state index in [1.54, 1.807) is 18.2 Å². The molecule has 0 aliphatic rings. The van der Waals surface area contributed by atoms with E-state index in [0.717, 1.165) is 43.4 Å². The molecule has 0 radical (unpaired) electrons. The van der Waals surface area contributed by atoms with Crippen molar-refractivity contribution in [3.8, 4) is 11.1 Å². The molecule has 0 unspecified atom stereocenters. The van der Waals surface area contributed by atoms with Crippen LogP contribution in [-0.2, 0) is 33.0 Å². The molecule has 38 heavy (non-hydrogen) atoms. The van der Waals surface area contributed by atoms with Gasteiger partial charge in [0.1, 0.15) is 0 Å². The monoisotopic (exact) mass is 611 g/mol. The predicted molar refractivity (Wildman–Crippen MR) is 156 cm³/mol. The van der Waals surface area contributed by atoms with Crippen molar-refractivity contribution in [3.63, 3.8) is 0 Å². The summed E-state index contributed by atoms with van der Waals surface area (Å²) in [4.78, 5) is 0.599. The second-order valence-electron chi connectivity index (χ2n) is 9.63. The van der Waals surface area contributed by atoms with Gasteiger partial charge in [-0.3, -0.25) is 0 Å². The molecule has 0 saturated heterocycles. The zero-order valence-electron chi connectivity index (χ0n) is 21.8. The van der Waals surface area contributed by atoms with Gasteiger partial charge in [0.05, 0.1) is 9.79 Å². The molecule has 4 aromatic carbocycles. The average Bonchev–Trinajstić information content (AvgIpc) is 2.83. The molecule has 0 N–H and O–H groups in total. The molecule has 4 rings (SSSR count). The van der Waals surface area contributed by atoms with Crippen molar-refractivity contribution in [2.24, 2.45) is 0 Å². The molecule has 0 aromatic heterocycles. The minimum absolute atomic E-state index is 0.186. The van der Waals surface area contributed by atoms with Gasteiger partial charge in [-0.1, -0.05) is 82.2 Å². The van der Waals surface area contributed by atoms with Crippen molar-refractivity contribution < 1.29 is 16.8 Å². The lowest BCUT2D eigenvalue weighted by molar-refractivity contribution is 0.400. The van der Waals surface area contributed by atoms with Crippen LogP contribution < -0.4 is 0 Å². The van der Waals surface area contributed by atoms with E-state index in [2.05, 4.69) is 15.9 Å². The largest absolute Gasteiger partial charge is 0.244 e. The van der Waals surface area contributed by atoms with E-state index in [0.29, 0.717) is 4.90 Å². The van der Waals surface area contributed by atoms with Crippen molar-refractivity contribution >= 4 is 35.8 Å². The SMILES string of the molecule is Cc1cc(C)c(S(=O)(=O)N(Cc2ccc(-c3cccc(S(C)(=O)=O)c3)cc2)Cc2cccc(Br)c2)c(C)c1. The first-order chi connectivity index (χ1) is 17.8. The lowest BCUT2D eigenvalue weighted by Crippen LogP contribution is -2.31. The number of hydrogen-bond donors (Lipinski definition) is 0. The van der Waals surface area contributed by atoms with Crippen LogP contribution >= 0.6 is 15.9 Å². The summed E-state index contributed by atoms with van der Waals surface area (Å²) in [6.07, 6.45) is 1.19. The van der Waals surface area contributed by atoms with E-state index >= 15 is 0 Å². The van der Waals surface area contributed by atoms with Crippen LogP contribution in [0.4, 0.5) is 0 Å². The maximum atomic E-state index is 14.1. The number of nitrogens with zero attached hydrogens (tertiary/aromatic N) is 1. The highest BCUT2D eigenvalue weighted by Crippen LogP contribution is 2.29. The van der Waals surface area contributed by atoms with Gasteiger partial charge in [0.25, 0.3) is 0 Å². The molecule has 0 bridgehead atoms. The summed E-state index contributed by atoms with van der Waals surface area (Å²) in [5.41, 5.74) is 5.81. The van der Waals surface area contributed by atoms with Crippen molar-refractivity contribution in [3.05, 3.63) is 117 Å². The Labute approximate surface area is 234 Å². The molecule has 0 atom stereocenters. The molecule has 198 valence electrons. The third-order valence-corrected chi connectivity index (χ3v) is 10.1. The molecule has 0 amide bonds. The molecule has 5 nitrogen and oxygen atoms in total. The van der Waals surface area contributed by atoms with E-state index in [1.165, 1.54) is 10.6 Å². The Morgan fingerprint density at radius 1 is 0.684 bits per heavy atom. The van der Waals surface area contributed by atoms with Gasteiger partial charge >= 0.3 is 0 Å². The van der Waals surface area contributed by atoms with Crippen molar-refractivity contribution in [2.45, 2.75) is 43.7 Å². The zero-order chi connectivity index (χ0) is 27.7. The molecular weight excluding hydrogens is 582 g/mol. The van der Waals surface area contributed by atoms with Gasteiger partial charge in [-0.05, 0) is 78.4 Å². The number of sulfonamides is 1. The summed E-state index contributed by atoms with van der Waals surface area (Å²) in [6, 6.07) is 25.8. The molecule has 4 aromatic rings. The van der Waals surface area contributed by atoms with Crippen LogP contribution in [0.5, 0.6) is 0 Å². The van der Waals surface area contributed by atoms with Crippen molar-refractivity contribution in [1.82, 2.24) is 4.31 Å². The molecule has 0 spiro atoms. The maximum Gasteiger partial charge on any atom is 0.244 e. The Hall–Kier alpha value is -2.78. The quantitative estimate of drug-likeness (QED) is 0.219. The topological polar surface area (TPSA) is 71.5 Å². The minimum atomic E-state index is -3.82. The summed E-state index contributed by atoms with van der Waals surface area (Å²) in [5, 5.41) is 0. The second kappa shape index (κ2) is 11.1. The van der Waals surface area contributed by atoms with Crippen LogP contribution in [0.2, 0.25) is 0 Å². The first-order valence-corrected chi connectivity index (χ1v) is 16.2. The van der Waals surface area contributed by atoms with E-state index in [9.17, 15) is 16.8 Å². The van der Waals surface area contributed by atoms with Crippen LogP contribution in [-0.4, -0.2) is 27.4 Å². The highest BCUT2D eigenvalue weighted by molar-refractivity contribution is 9.10. The van der Waals surface area contributed by atoms with E-state index in [4.69, 9.17) is 0 Å². The van der Waals surface area contributed by atoms with Gasteiger partial charge in [0, 0.05) is 23.8 Å². The Balaban J connectivity index is 1.71. The number of aryl methyl sites for hydroxylation is 3. The van der Waals surface area contributed by atoms with Gasteiger partial charge < -0.3 is 0 Å². The Morgan fingerprint density at radius 2 is 1.29 bits per heavy atom. The van der Waals surface area contributed by atoms with Crippen molar-refractivity contribution in [1.29, 1.82) is 0 Å². The summed E-state index contributed by atoms with van der Waals surface area (Å²) in [6.45, 7) is 6.04. The van der Waals surface area contributed by atoms with E-state index in [-0.39, 0.29) is 18.0 Å². The van der Waals surface area contributed by atoms with Crippen LogP contribution in [0, 0.1) is 20.8 Å². The Bertz CT molecular complexity index is 1670. The first-order valence-electron chi connectivity index (χ1n) is 12.1. The lowest BCUT2D eigenvalue weighted by atomic mass is 10.0. The van der Waals surface area contributed by atoms with Gasteiger partial charge in [0.15, 0.2) is 9.84 Å². The standard InChI is InChI=1S/C30H30BrNO4S2/c1-21-15-22(2)30(23(3)16-21)38(35,36)32(20-25-7-5-9-28(31)17-25)19-24-11-13-26(14-12-24)27-8-6-10-29(18-27)37(4,33)34/h5-18H,19-20H2,1-4H3. The zero-order valence-corrected chi connectivity index (χ0v) is 25.0. The summed E-state index contributed by atoms with van der Waals surface area (Å²) in [5.74, 6) is 0. The van der Waals surface area contributed by atoms with Gasteiger partial charge in [-0.15, -0.1) is 0 Å². The normalized spacial score (nSPS) is 12.2. The molecule has 0 aliphatic carbocycles. The highest BCUT2D eigenvalue weighted by atomic mass is 79.9. The number of halogens is 1. The van der Waals surface area contributed by atoms with Crippen LogP contribution in [0.3, 0.4) is 0 Å². The number of rotatable bonds is 8. The van der Waals surface area contributed by atoms with Crippen LogP contribution in [0.15, 0.2) is 99.2 Å². The first kappa shape index (κ1) is 28.2. The fourth-order valence-electron chi connectivity index (χ4n) is 4.68.